The summed E-state index contributed by atoms with van der Waals surface area (Å²) < 4.78 is 10.5. The van der Waals surface area contributed by atoms with Gasteiger partial charge >= 0.3 is 6.09 Å². The zero-order valence-electron chi connectivity index (χ0n) is 18.1. The summed E-state index contributed by atoms with van der Waals surface area (Å²) in [5.74, 6) is -2.43. The summed E-state index contributed by atoms with van der Waals surface area (Å²) in [4.78, 5) is 50.2. The van der Waals surface area contributed by atoms with E-state index in [4.69, 9.17) is 9.26 Å². The molecule has 2 unspecified atom stereocenters. The summed E-state index contributed by atoms with van der Waals surface area (Å²) in [5, 5.41) is 8.93. The minimum Gasteiger partial charge on any atom is -0.445 e. The number of nitrogens with zero attached hydrogens (tertiary/aromatic N) is 1. The molecule has 0 spiro atoms. The van der Waals surface area contributed by atoms with Gasteiger partial charge in [-0.25, -0.2) is 4.79 Å². The lowest BCUT2D eigenvalue weighted by molar-refractivity contribution is -0.141. The lowest BCUT2D eigenvalue weighted by atomic mass is 9.87. The van der Waals surface area contributed by atoms with Gasteiger partial charge in [0.1, 0.15) is 12.4 Å². The molecule has 0 saturated carbocycles. The van der Waals surface area contributed by atoms with Crippen molar-refractivity contribution in [3.63, 3.8) is 0 Å². The highest BCUT2D eigenvalue weighted by Crippen LogP contribution is 2.21. The quantitative estimate of drug-likeness (QED) is 0.629. The van der Waals surface area contributed by atoms with Crippen LogP contribution in [0.2, 0.25) is 0 Å². The van der Waals surface area contributed by atoms with Crippen LogP contribution in [-0.4, -0.2) is 41.3 Å². The van der Waals surface area contributed by atoms with Crippen LogP contribution in [-0.2, 0) is 38.6 Å². The van der Waals surface area contributed by atoms with E-state index >= 15 is 0 Å². The molecule has 2 aromatic rings. The van der Waals surface area contributed by atoms with Gasteiger partial charge in [-0.05, 0) is 17.9 Å². The number of alkyl carbamates (subject to hydrolysis) is 1. The molecular weight excluding hydrogens is 414 g/mol. The third-order valence-corrected chi connectivity index (χ3v) is 5.38. The Kier molecular flexibility index (Phi) is 7.75. The van der Waals surface area contributed by atoms with Crippen molar-refractivity contribution >= 4 is 23.6 Å². The van der Waals surface area contributed by atoms with E-state index in [0.29, 0.717) is 12.2 Å². The van der Waals surface area contributed by atoms with Crippen LogP contribution in [0.15, 0.2) is 41.1 Å². The monoisotopic (exact) mass is 441 g/mol. The molecule has 3 rings (SSSR count). The SMILES string of the molecule is CC(C)C(NC(=O)OCc1ccccc1)C(=O)CC1Cc2oncc2CCNC(=O)C1=O. The minimum atomic E-state index is -0.907. The van der Waals surface area contributed by atoms with Crippen molar-refractivity contribution in [2.45, 2.75) is 45.8 Å². The first-order valence-electron chi connectivity index (χ1n) is 10.6. The number of benzene rings is 1. The summed E-state index contributed by atoms with van der Waals surface area (Å²) in [6, 6.07) is 8.31. The van der Waals surface area contributed by atoms with Gasteiger partial charge in [0.05, 0.1) is 12.2 Å². The number of amides is 2. The molecule has 2 amide bonds. The minimum absolute atomic E-state index is 0.0707. The van der Waals surface area contributed by atoms with Gasteiger partial charge in [-0.15, -0.1) is 0 Å². The van der Waals surface area contributed by atoms with Crippen molar-refractivity contribution in [2.24, 2.45) is 11.8 Å². The van der Waals surface area contributed by atoms with E-state index in [9.17, 15) is 19.2 Å². The van der Waals surface area contributed by atoms with Gasteiger partial charge in [-0.2, -0.15) is 0 Å². The second-order valence-corrected chi connectivity index (χ2v) is 8.14. The number of ether oxygens (including phenoxy) is 1. The highest BCUT2D eigenvalue weighted by molar-refractivity contribution is 6.37. The number of carbonyl (C=O) groups excluding carboxylic acids is 4. The number of nitrogens with one attached hydrogen (secondary N) is 2. The molecule has 0 bridgehead atoms. The van der Waals surface area contributed by atoms with Crippen LogP contribution in [0.3, 0.4) is 0 Å². The van der Waals surface area contributed by atoms with Gasteiger partial charge in [0.15, 0.2) is 5.78 Å². The van der Waals surface area contributed by atoms with Crippen LogP contribution in [0, 0.1) is 11.8 Å². The maximum absolute atomic E-state index is 13.0. The first-order valence-corrected chi connectivity index (χ1v) is 10.6. The molecule has 0 aliphatic carbocycles. The molecule has 1 aliphatic rings. The Morgan fingerprint density at radius 1 is 1.25 bits per heavy atom. The number of aromatic nitrogens is 1. The Morgan fingerprint density at radius 3 is 2.72 bits per heavy atom. The molecule has 0 fully saturated rings. The first-order chi connectivity index (χ1) is 15.3. The summed E-state index contributed by atoms with van der Waals surface area (Å²) in [6.45, 7) is 3.92. The fourth-order valence-corrected chi connectivity index (χ4v) is 3.60. The maximum Gasteiger partial charge on any atom is 0.408 e. The Labute approximate surface area is 185 Å². The number of ketones is 2. The number of hydrogen-bond acceptors (Lipinski definition) is 7. The Balaban J connectivity index is 1.66. The molecule has 2 atom stereocenters. The van der Waals surface area contributed by atoms with Crippen LogP contribution in [0.5, 0.6) is 0 Å². The van der Waals surface area contributed by atoms with E-state index in [1.165, 1.54) is 0 Å². The number of hydrogen-bond donors (Lipinski definition) is 2. The normalized spacial score (nSPS) is 17.4. The fraction of sp³-hybridized carbons (Fsp3) is 0.435. The largest absolute Gasteiger partial charge is 0.445 e. The van der Waals surface area contributed by atoms with E-state index in [-0.39, 0.29) is 37.7 Å². The van der Waals surface area contributed by atoms with Gasteiger partial charge in [-0.3, -0.25) is 14.4 Å². The number of rotatable bonds is 7. The Bertz CT molecular complexity index is 969. The molecule has 1 aromatic carbocycles. The molecule has 0 radical (unpaired) electrons. The van der Waals surface area contributed by atoms with Crippen LogP contribution in [0.1, 0.15) is 37.2 Å². The summed E-state index contributed by atoms with van der Waals surface area (Å²) in [6.07, 6.45) is 1.20. The summed E-state index contributed by atoms with van der Waals surface area (Å²) in [5.41, 5.74) is 1.61. The van der Waals surface area contributed by atoms with Crippen molar-refractivity contribution in [2.75, 3.05) is 6.54 Å². The van der Waals surface area contributed by atoms with E-state index in [1.54, 1.807) is 20.0 Å². The van der Waals surface area contributed by atoms with Gasteiger partial charge in [-0.1, -0.05) is 49.3 Å². The van der Waals surface area contributed by atoms with Gasteiger partial charge in [0, 0.05) is 30.9 Å². The van der Waals surface area contributed by atoms with Crippen molar-refractivity contribution in [3.05, 3.63) is 53.4 Å². The number of fused-ring (bicyclic) bond motifs is 1. The average molecular weight is 441 g/mol. The van der Waals surface area contributed by atoms with Crippen LogP contribution in [0.4, 0.5) is 4.79 Å². The number of Topliss-reactive ketones (excluding diaryl/α,β-unsaturated/α-hetero) is 2. The topological polar surface area (TPSA) is 128 Å². The van der Waals surface area contributed by atoms with Crippen molar-refractivity contribution in [3.8, 4) is 0 Å². The van der Waals surface area contributed by atoms with Gasteiger partial charge < -0.3 is 19.9 Å². The summed E-state index contributed by atoms with van der Waals surface area (Å²) >= 11 is 0. The van der Waals surface area contributed by atoms with Crippen LogP contribution in [0.25, 0.3) is 0 Å². The first kappa shape index (κ1) is 23.2. The summed E-state index contributed by atoms with van der Waals surface area (Å²) in [7, 11) is 0. The standard InChI is InChI=1S/C23H27N3O6/c1-14(2)20(26-23(30)31-13-15-6-4-3-5-7-15)18(27)10-17-11-19-16(12-25-32-19)8-9-24-22(29)21(17)28/h3-7,12,14,17,20H,8-11,13H2,1-2H3,(H,24,29)(H,26,30). The molecule has 9 nitrogen and oxygen atoms in total. The highest BCUT2D eigenvalue weighted by atomic mass is 16.5. The third-order valence-electron chi connectivity index (χ3n) is 5.38. The predicted molar refractivity (Wildman–Crippen MR) is 113 cm³/mol. The van der Waals surface area contributed by atoms with Crippen molar-refractivity contribution in [1.82, 2.24) is 15.8 Å². The van der Waals surface area contributed by atoms with Crippen LogP contribution >= 0.6 is 0 Å². The van der Waals surface area contributed by atoms with Crippen molar-refractivity contribution in [1.29, 1.82) is 0 Å². The van der Waals surface area contributed by atoms with Crippen molar-refractivity contribution < 1.29 is 28.4 Å². The van der Waals surface area contributed by atoms with E-state index < -0.39 is 29.7 Å². The predicted octanol–water partition coefficient (Wildman–Crippen LogP) is 1.98. The molecule has 1 aromatic heterocycles. The van der Waals surface area contributed by atoms with E-state index in [2.05, 4.69) is 15.8 Å². The second-order valence-electron chi connectivity index (χ2n) is 8.14. The molecular formula is C23H27N3O6. The van der Waals surface area contributed by atoms with Crippen LogP contribution < -0.4 is 10.6 Å². The fourth-order valence-electron chi connectivity index (χ4n) is 3.60. The highest BCUT2D eigenvalue weighted by Gasteiger charge is 2.34. The van der Waals surface area contributed by atoms with Gasteiger partial charge in [0.2, 0.25) is 5.78 Å². The Morgan fingerprint density at radius 2 is 2.00 bits per heavy atom. The lowest BCUT2D eigenvalue weighted by Gasteiger charge is -2.23. The van der Waals surface area contributed by atoms with Gasteiger partial charge in [0.25, 0.3) is 5.91 Å². The molecule has 170 valence electrons. The second kappa shape index (κ2) is 10.7. The molecule has 32 heavy (non-hydrogen) atoms. The molecule has 2 N–H and O–H groups in total. The Hall–Kier alpha value is -3.49. The molecule has 0 saturated heterocycles. The molecule has 2 heterocycles. The van der Waals surface area contributed by atoms with E-state index in [0.717, 1.165) is 11.1 Å². The number of carbonyl (C=O) groups is 4. The third kappa shape index (κ3) is 6.03. The average Bonchev–Trinajstić information content (AvgIpc) is 3.22. The van der Waals surface area contributed by atoms with E-state index in [1.807, 2.05) is 30.3 Å². The molecule has 1 aliphatic heterocycles. The zero-order valence-corrected chi connectivity index (χ0v) is 18.1. The maximum atomic E-state index is 13.0. The molecule has 9 heteroatoms. The smallest absolute Gasteiger partial charge is 0.408 e. The lowest BCUT2D eigenvalue weighted by Crippen LogP contribution is -2.46. The zero-order chi connectivity index (χ0) is 23.1.